The molecule has 0 unspecified atom stereocenters. The number of amides is 1. The molecule has 0 aliphatic carbocycles. The van der Waals surface area contributed by atoms with E-state index in [0.29, 0.717) is 0 Å². The zero-order valence-electron chi connectivity index (χ0n) is 8.96. The second-order valence-corrected chi connectivity index (χ2v) is 3.71. The lowest BCUT2D eigenvalue weighted by atomic mass is 10.2. The summed E-state index contributed by atoms with van der Waals surface area (Å²) in [6.07, 6.45) is 2.78. The quantitative estimate of drug-likeness (QED) is 0.720. The molecule has 0 saturated carbocycles. The Morgan fingerprint density at radius 3 is 2.56 bits per heavy atom. The maximum atomic E-state index is 11.8. The van der Waals surface area contributed by atoms with Crippen molar-refractivity contribution in [2.75, 3.05) is 5.32 Å². The van der Waals surface area contributed by atoms with E-state index in [2.05, 4.69) is 15.3 Å². The predicted octanol–water partition coefficient (Wildman–Crippen LogP) is 1.79. The van der Waals surface area contributed by atoms with Gasteiger partial charge in [0.1, 0.15) is 0 Å². The van der Waals surface area contributed by atoms with Crippen LogP contribution in [0.1, 0.15) is 10.4 Å². The predicted molar refractivity (Wildman–Crippen MR) is 64.8 cm³/mol. The van der Waals surface area contributed by atoms with Crippen LogP contribution in [0.25, 0.3) is 0 Å². The van der Waals surface area contributed by atoms with Crippen molar-refractivity contribution in [2.24, 2.45) is 0 Å². The van der Waals surface area contributed by atoms with Gasteiger partial charge in [0.2, 0.25) is 0 Å². The van der Waals surface area contributed by atoms with Gasteiger partial charge in [-0.2, -0.15) is 0 Å². The van der Waals surface area contributed by atoms with Gasteiger partial charge < -0.3 is 15.5 Å². The van der Waals surface area contributed by atoms with E-state index in [1.165, 1.54) is 24.5 Å². The minimum absolute atomic E-state index is 0.0638. The van der Waals surface area contributed by atoms with Crippen LogP contribution in [-0.2, 0) is 0 Å². The average Bonchev–Trinajstić information content (AvgIpc) is 2.35. The molecule has 2 rings (SSSR count). The molecule has 1 heterocycles. The van der Waals surface area contributed by atoms with Gasteiger partial charge >= 0.3 is 0 Å². The molecule has 1 aromatic heterocycles. The monoisotopic (exact) mass is 265 g/mol. The van der Waals surface area contributed by atoms with Crippen molar-refractivity contribution in [3.8, 4) is 11.5 Å². The van der Waals surface area contributed by atoms with Gasteiger partial charge in [-0.05, 0) is 18.2 Å². The van der Waals surface area contributed by atoms with E-state index in [9.17, 15) is 9.90 Å². The Kier molecular flexibility index (Phi) is 3.29. The number of hydrogen-bond acceptors (Lipinski definition) is 5. The maximum absolute atomic E-state index is 11.8. The van der Waals surface area contributed by atoms with Crippen LogP contribution < -0.4 is 5.32 Å². The molecule has 1 aromatic carbocycles. The molecule has 18 heavy (non-hydrogen) atoms. The highest BCUT2D eigenvalue weighted by molar-refractivity contribution is 6.32. The molecule has 1 amide bonds. The van der Waals surface area contributed by atoms with Crippen molar-refractivity contribution in [2.45, 2.75) is 0 Å². The summed E-state index contributed by atoms with van der Waals surface area (Å²) < 4.78 is 0. The van der Waals surface area contributed by atoms with Gasteiger partial charge in [-0.25, -0.2) is 9.97 Å². The summed E-state index contributed by atoms with van der Waals surface area (Å²) in [5, 5.41) is 20.9. The first-order chi connectivity index (χ1) is 8.58. The Balaban J connectivity index is 2.22. The maximum Gasteiger partial charge on any atom is 0.257 e. The molecule has 3 N–H and O–H groups in total. The first-order valence-electron chi connectivity index (χ1n) is 4.88. The molecule has 0 atom stereocenters. The number of phenolic OH excluding ortho intramolecular Hbond substituents is 2. The molecule has 92 valence electrons. The van der Waals surface area contributed by atoms with Gasteiger partial charge in [-0.3, -0.25) is 4.79 Å². The van der Waals surface area contributed by atoms with E-state index in [4.69, 9.17) is 16.7 Å². The van der Waals surface area contributed by atoms with E-state index in [1.807, 2.05) is 0 Å². The Bertz CT molecular complexity index is 604. The fourth-order valence-corrected chi connectivity index (χ4v) is 1.40. The Labute approximate surface area is 107 Å². The number of carbonyl (C=O) groups is 1. The summed E-state index contributed by atoms with van der Waals surface area (Å²) in [6, 6.07) is 3.70. The number of aromatic hydroxyl groups is 2. The first-order valence-corrected chi connectivity index (χ1v) is 5.25. The molecule has 0 bridgehead atoms. The zero-order chi connectivity index (χ0) is 13.1. The zero-order valence-corrected chi connectivity index (χ0v) is 9.72. The van der Waals surface area contributed by atoms with Crippen LogP contribution in [-0.4, -0.2) is 26.1 Å². The molecule has 0 radical (unpaired) electrons. The molecule has 0 saturated heterocycles. The average molecular weight is 266 g/mol. The van der Waals surface area contributed by atoms with Crippen molar-refractivity contribution >= 4 is 23.3 Å². The summed E-state index contributed by atoms with van der Waals surface area (Å²) in [6.45, 7) is 0. The normalized spacial score (nSPS) is 10.1. The molecule has 0 fully saturated rings. The van der Waals surface area contributed by atoms with Crippen LogP contribution in [0.2, 0.25) is 5.15 Å². The van der Waals surface area contributed by atoms with Crippen LogP contribution >= 0.6 is 11.6 Å². The van der Waals surface area contributed by atoms with Crippen molar-refractivity contribution in [1.29, 1.82) is 0 Å². The third kappa shape index (κ3) is 2.49. The Morgan fingerprint density at radius 2 is 1.89 bits per heavy atom. The smallest absolute Gasteiger partial charge is 0.257 e. The number of nitrogens with one attached hydrogen (secondary N) is 1. The number of hydrogen-bond donors (Lipinski definition) is 3. The van der Waals surface area contributed by atoms with Crippen LogP contribution in [0.4, 0.5) is 5.82 Å². The van der Waals surface area contributed by atoms with Crippen molar-refractivity contribution in [3.05, 3.63) is 41.3 Å². The topological polar surface area (TPSA) is 95.3 Å². The standard InChI is InChI=1S/C11H8ClN3O3/c12-9-10(14-4-3-13-9)15-11(18)6-1-2-7(16)8(17)5-6/h1-5,16-17H,(H,14,15,18). The SMILES string of the molecule is O=C(Nc1nccnc1Cl)c1ccc(O)c(O)c1. The molecule has 7 heteroatoms. The minimum Gasteiger partial charge on any atom is -0.504 e. The van der Waals surface area contributed by atoms with Crippen LogP contribution in [0.5, 0.6) is 11.5 Å². The highest BCUT2D eigenvalue weighted by atomic mass is 35.5. The number of halogens is 1. The van der Waals surface area contributed by atoms with Crippen LogP contribution in [0.3, 0.4) is 0 Å². The number of carbonyl (C=O) groups excluding carboxylic acids is 1. The highest BCUT2D eigenvalue weighted by Crippen LogP contribution is 2.25. The minimum atomic E-state index is -0.521. The van der Waals surface area contributed by atoms with Gasteiger partial charge in [0, 0.05) is 18.0 Å². The van der Waals surface area contributed by atoms with Gasteiger partial charge in [0.25, 0.3) is 5.91 Å². The number of anilines is 1. The molecule has 0 aliphatic rings. The summed E-state index contributed by atoms with van der Waals surface area (Å²) in [7, 11) is 0. The van der Waals surface area contributed by atoms with Crippen LogP contribution in [0, 0.1) is 0 Å². The van der Waals surface area contributed by atoms with Crippen molar-refractivity contribution < 1.29 is 15.0 Å². The fourth-order valence-electron chi connectivity index (χ4n) is 1.25. The number of rotatable bonds is 2. The lowest BCUT2D eigenvalue weighted by Crippen LogP contribution is -2.13. The third-order valence-electron chi connectivity index (χ3n) is 2.12. The largest absolute Gasteiger partial charge is 0.504 e. The molecule has 0 spiro atoms. The number of aromatic nitrogens is 2. The number of benzene rings is 1. The summed E-state index contributed by atoms with van der Waals surface area (Å²) in [5.41, 5.74) is 0.159. The Morgan fingerprint density at radius 1 is 1.17 bits per heavy atom. The van der Waals surface area contributed by atoms with Crippen molar-refractivity contribution in [3.63, 3.8) is 0 Å². The van der Waals surface area contributed by atoms with E-state index in [1.54, 1.807) is 0 Å². The molecule has 6 nitrogen and oxygen atoms in total. The van der Waals surface area contributed by atoms with Crippen molar-refractivity contribution in [1.82, 2.24) is 9.97 Å². The van der Waals surface area contributed by atoms with Gasteiger partial charge in [0.05, 0.1) is 0 Å². The first kappa shape index (κ1) is 12.1. The van der Waals surface area contributed by atoms with Crippen LogP contribution in [0.15, 0.2) is 30.6 Å². The van der Waals surface area contributed by atoms with E-state index >= 15 is 0 Å². The molecule has 0 aliphatic heterocycles. The van der Waals surface area contributed by atoms with E-state index in [0.717, 1.165) is 6.07 Å². The van der Waals surface area contributed by atoms with Gasteiger partial charge in [-0.1, -0.05) is 11.6 Å². The molecular weight excluding hydrogens is 258 g/mol. The molecule has 2 aromatic rings. The van der Waals surface area contributed by atoms with E-state index in [-0.39, 0.29) is 28.0 Å². The lowest BCUT2D eigenvalue weighted by Gasteiger charge is -2.06. The van der Waals surface area contributed by atoms with Gasteiger partial charge in [0.15, 0.2) is 22.5 Å². The highest BCUT2D eigenvalue weighted by Gasteiger charge is 2.11. The fraction of sp³-hybridized carbons (Fsp3) is 0. The summed E-state index contributed by atoms with van der Waals surface area (Å²) in [4.78, 5) is 19.4. The second kappa shape index (κ2) is 4.89. The van der Waals surface area contributed by atoms with Gasteiger partial charge in [-0.15, -0.1) is 0 Å². The summed E-state index contributed by atoms with van der Waals surface area (Å²) in [5.74, 6) is -1.08. The second-order valence-electron chi connectivity index (χ2n) is 3.35. The lowest BCUT2D eigenvalue weighted by molar-refractivity contribution is 0.102. The number of phenols is 2. The number of nitrogens with zero attached hydrogens (tertiary/aromatic N) is 2. The van der Waals surface area contributed by atoms with E-state index < -0.39 is 5.91 Å². The third-order valence-corrected chi connectivity index (χ3v) is 2.40. The summed E-state index contributed by atoms with van der Waals surface area (Å²) >= 11 is 5.73. The molecular formula is C11H8ClN3O3. The Hall–Kier alpha value is -2.34.